The Hall–Kier alpha value is -0.610. The lowest BCUT2D eigenvalue weighted by Crippen LogP contribution is -2.42. The predicted molar refractivity (Wildman–Crippen MR) is 136 cm³/mol. The predicted octanol–water partition coefficient (Wildman–Crippen LogP) is 3.18. The summed E-state index contributed by atoms with van der Waals surface area (Å²) in [5.41, 5.74) is 1.24. The van der Waals surface area contributed by atoms with Crippen LogP contribution in [0, 0.1) is 5.92 Å². The van der Waals surface area contributed by atoms with E-state index in [1.54, 1.807) is 0 Å². The molecule has 2 heterocycles. The molecule has 2 fully saturated rings. The number of likely N-dealkylation sites (N-methyl/N-ethyl adjacent to an activating group) is 1. The first-order chi connectivity index (χ1) is 14.1. The Bertz CT molecular complexity index is 651. The second-order valence-corrected chi connectivity index (χ2v) is 8.68. The highest BCUT2D eigenvalue weighted by molar-refractivity contribution is 14.0. The van der Waals surface area contributed by atoms with E-state index in [0.717, 1.165) is 63.5 Å². The molecule has 2 aliphatic heterocycles. The quantitative estimate of drug-likeness (QED) is 0.322. The molecule has 0 aromatic heterocycles. The van der Waals surface area contributed by atoms with Crippen LogP contribution >= 0.6 is 35.6 Å². The summed E-state index contributed by atoms with van der Waals surface area (Å²) in [6.07, 6.45) is 1.23. The summed E-state index contributed by atoms with van der Waals surface area (Å²) < 4.78 is 5.48. The molecule has 8 heteroatoms. The van der Waals surface area contributed by atoms with Crippen molar-refractivity contribution >= 4 is 41.5 Å². The number of aliphatic imine (C=N–C) groups is 1. The SMILES string of the molecule is CCNC(=NCC(c1ccc(Cl)cc1)N(C)C)N1CCC(CN2CCOCC2)C1.I. The minimum absolute atomic E-state index is 0. The van der Waals surface area contributed by atoms with Crippen LogP contribution in [0.15, 0.2) is 29.3 Å². The van der Waals surface area contributed by atoms with Crippen LogP contribution in [0.5, 0.6) is 0 Å². The van der Waals surface area contributed by atoms with Crippen LogP contribution < -0.4 is 5.32 Å². The van der Waals surface area contributed by atoms with E-state index in [0.29, 0.717) is 5.92 Å². The summed E-state index contributed by atoms with van der Waals surface area (Å²) in [5, 5.41) is 4.28. The van der Waals surface area contributed by atoms with E-state index in [4.69, 9.17) is 21.3 Å². The van der Waals surface area contributed by atoms with E-state index in [1.807, 2.05) is 12.1 Å². The third kappa shape index (κ3) is 7.51. The molecule has 30 heavy (non-hydrogen) atoms. The first kappa shape index (κ1) is 25.6. The van der Waals surface area contributed by atoms with E-state index in [9.17, 15) is 0 Å². The molecule has 0 saturated carbocycles. The normalized spacial score (nSPS) is 21.6. The standard InChI is InChI=1S/C22H36ClN5O.HI/c1-4-24-22(25-15-21(26(2)3)19-5-7-20(23)8-6-19)28-10-9-18(17-28)16-27-11-13-29-14-12-27;/h5-8,18,21H,4,9-17H2,1-3H3,(H,24,25);1H. The van der Waals surface area contributed by atoms with Crippen LogP contribution in [0.2, 0.25) is 5.02 Å². The molecule has 1 aromatic carbocycles. The topological polar surface area (TPSA) is 43.3 Å². The average molecular weight is 550 g/mol. The van der Waals surface area contributed by atoms with Gasteiger partial charge >= 0.3 is 0 Å². The van der Waals surface area contributed by atoms with Gasteiger partial charge in [0, 0.05) is 44.3 Å². The number of nitrogens with one attached hydrogen (secondary N) is 1. The van der Waals surface area contributed by atoms with Gasteiger partial charge in [0.15, 0.2) is 5.96 Å². The molecule has 6 nitrogen and oxygen atoms in total. The number of likely N-dealkylation sites (tertiary alicyclic amines) is 1. The fourth-order valence-corrected chi connectivity index (χ4v) is 4.30. The van der Waals surface area contributed by atoms with Crippen LogP contribution in [0.1, 0.15) is 24.9 Å². The number of rotatable bonds is 7. The van der Waals surface area contributed by atoms with Crippen LogP contribution in [-0.2, 0) is 4.74 Å². The van der Waals surface area contributed by atoms with Crippen molar-refractivity contribution in [2.24, 2.45) is 10.9 Å². The van der Waals surface area contributed by atoms with Crippen LogP contribution in [0.4, 0.5) is 0 Å². The molecule has 1 aromatic rings. The zero-order valence-electron chi connectivity index (χ0n) is 18.5. The van der Waals surface area contributed by atoms with Crippen molar-refractivity contribution in [3.05, 3.63) is 34.9 Å². The van der Waals surface area contributed by atoms with Gasteiger partial charge in [-0.1, -0.05) is 23.7 Å². The van der Waals surface area contributed by atoms with E-state index in [1.165, 1.54) is 18.5 Å². The van der Waals surface area contributed by atoms with Crippen LogP contribution in [0.25, 0.3) is 0 Å². The van der Waals surface area contributed by atoms with Crippen molar-refractivity contribution < 1.29 is 4.74 Å². The second-order valence-electron chi connectivity index (χ2n) is 8.24. The van der Waals surface area contributed by atoms with E-state index >= 15 is 0 Å². The number of benzene rings is 1. The lowest BCUT2D eigenvalue weighted by Gasteiger charge is -2.29. The van der Waals surface area contributed by atoms with Crippen molar-refractivity contribution in [1.29, 1.82) is 0 Å². The molecule has 170 valence electrons. The first-order valence-electron chi connectivity index (χ1n) is 10.8. The van der Waals surface area contributed by atoms with Gasteiger partial charge < -0.3 is 19.9 Å². The smallest absolute Gasteiger partial charge is 0.193 e. The molecule has 0 amide bonds. The molecule has 2 saturated heterocycles. The Kier molecular flexibility index (Phi) is 11.2. The van der Waals surface area contributed by atoms with Gasteiger partial charge in [-0.25, -0.2) is 0 Å². The molecular formula is C22H37ClIN5O. The van der Waals surface area contributed by atoms with Crippen molar-refractivity contribution in [2.45, 2.75) is 19.4 Å². The molecule has 2 atom stereocenters. The van der Waals surface area contributed by atoms with Crippen LogP contribution in [0.3, 0.4) is 0 Å². The molecule has 3 rings (SSSR count). The monoisotopic (exact) mass is 549 g/mol. The van der Waals surface area contributed by atoms with E-state index in [2.05, 4.69) is 53.2 Å². The van der Waals surface area contributed by atoms with Gasteiger partial charge in [0.1, 0.15) is 0 Å². The highest BCUT2D eigenvalue weighted by Gasteiger charge is 2.27. The maximum absolute atomic E-state index is 6.07. The summed E-state index contributed by atoms with van der Waals surface area (Å²) in [6.45, 7) is 11.0. The summed E-state index contributed by atoms with van der Waals surface area (Å²) >= 11 is 6.07. The maximum Gasteiger partial charge on any atom is 0.193 e. The molecule has 1 N–H and O–H groups in total. The summed E-state index contributed by atoms with van der Waals surface area (Å²) in [4.78, 5) is 12.2. The van der Waals surface area contributed by atoms with Crippen molar-refractivity contribution in [1.82, 2.24) is 20.0 Å². The van der Waals surface area contributed by atoms with E-state index < -0.39 is 0 Å². The third-order valence-corrected chi connectivity index (χ3v) is 6.08. The molecular weight excluding hydrogens is 513 g/mol. The highest BCUT2D eigenvalue weighted by atomic mass is 127. The van der Waals surface area contributed by atoms with Gasteiger partial charge in [-0.3, -0.25) is 9.89 Å². The number of hydrogen-bond acceptors (Lipinski definition) is 4. The van der Waals surface area contributed by atoms with Gasteiger partial charge in [0.25, 0.3) is 0 Å². The molecule has 2 unspecified atom stereocenters. The Morgan fingerprint density at radius 1 is 1.23 bits per heavy atom. The van der Waals surface area contributed by atoms with Crippen molar-refractivity contribution in [2.75, 3.05) is 73.1 Å². The van der Waals surface area contributed by atoms with Gasteiger partial charge in [0.05, 0.1) is 25.8 Å². The average Bonchev–Trinajstić information content (AvgIpc) is 3.17. The Labute approximate surface area is 204 Å². The molecule has 2 aliphatic rings. The zero-order chi connectivity index (χ0) is 20.6. The minimum Gasteiger partial charge on any atom is -0.379 e. The highest BCUT2D eigenvalue weighted by Crippen LogP contribution is 2.22. The third-order valence-electron chi connectivity index (χ3n) is 5.83. The summed E-state index contributed by atoms with van der Waals surface area (Å²) in [5.74, 6) is 1.75. The Morgan fingerprint density at radius 2 is 1.93 bits per heavy atom. The minimum atomic E-state index is 0. The maximum atomic E-state index is 6.07. The largest absolute Gasteiger partial charge is 0.379 e. The lowest BCUT2D eigenvalue weighted by molar-refractivity contribution is 0.0315. The number of guanidine groups is 1. The number of morpholine rings is 1. The van der Waals surface area contributed by atoms with Gasteiger partial charge in [-0.05, 0) is 51.1 Å². The fraction of sp³-hybridized carbons (Fsp3) is 0.682. The van der Waals surface area contributed by atoms with Crippen LogP contribution in [-0.4, -0.2) is 93.8 Å². The van der Waals surface area contributed by atoms with Crippen molar-refractivity contribution in [3.63, 3.8) is 0 Å². The number of nitrogens with zero attached hydrogens (tertiary/aromatic N) is 4. The molecule has 0 radical (unpaired) electrons. The molecule has 0 bridgehead atoms. The molecule has 0 spiro atoms. The number of ether oxygens (including phenoxy) is 1. The summed E-state index contributed by atoms with van der Waals surface area (Å²) in [7, 11) is 4.21. The number of halogens is 2. The van der Waals surface area contributed by atoms with Crippen molar-refractivity contribution in [3.8, 4) is 0 Å². The van der Waals surface area contributed by atoms with Gasteiger partial charge in [0.2, 0.25) is 0 Å². The van der Waals surface area contributed by atoms with Gasteiger partial charge in [-0.2, -0.15) is 0 Å². The second kappa shape index (κ2) is 13.1. The van der Waals surface area contributed by atoms with E-state index in [-0.39, 0.29) is 30.0 Å². The first-order valence-corrected chi connectivity index (χ1v) is 11.2. The Morgan fingerprint density at radius 3 is 2.57 bits per heavy atom. The fourth-order valence-electron chi connectivity index (χ4n) is 4.17. The lowest BCUT2D eigenvalue weighted by atomic mass is 10.1. The number of hydrogen-bond donors (Lipinski definition) is 1. The summed E-state index contributed by atoms with van der Waals surface area (Å²) in [6, 6.07) is 8.35. The Balaban J connectivity index is 0.00000320. The molecule has 0 aliphatic carbocycles. The zero-order valence-corrected chi connectivity index (χ0v) is 21.6. The van der Waals surface area contributed by atoms with Gasteiger partial charge in [-0.15, -0.1) is 24.0 Å².